The maximum absolute atomic E-state index is 14.3. The number of amides is 2. The van der Waals surface area contributed by atoms with Gasteiger partial charge in [0.15, 0.2) is 0 Å². The molecule has 2 N–H and O–H groups in total. The largest absolute Gasteiger partial charge is 0.378 e. The third-order valence-corrected chi connectivity index (χ3v) is 7.18. The van der Waals surface area contributed by atoms with Crippen molar-refractivity contribution >= 4 is 45.4 Å². The molecule has 2 amide bonds. The van der Waals surface area contributed by atoms with Crippen LogP contribution in [0.25, 0.3) is 0 Å². The average Bonchev–Trinajstić information content (AvgIpc) is 3.12. The zero-order valence-electron chi connectivity index (χ0n) is 18.3. The Balaban J connectivity index is 1.47. The Hall–Kier alpha value is -3.01. The molecule has 34 heavy (non-hydrogen) atoms. The lowest BCUT2D eigenvalue weighted by Gasteiger charge is -2.29. The van der Waals surface area contributed by atoms with Gasteiger partial charge in [-0.25, -0.2) is 8.78 Å². The number of hydrogen-bond donors (Lipinski definition) is 2. The molecule has 1 saturated heterocycles. The number of halogens is 3. The summed E-state index contributed by atoms with van der Waals surface area (Å²) >= 11 is 7.40. The first-order valence-corrected chi connectivity index (χ1v) is 11.8. The minimum atomic E-state index is -0.518. The highest BCUT2D eigenvalue weighted by Crippen LogP contribution is 2.37. The molecule has 0 atom stereocenters. The van der Waals surface area contributed by atoms with E-state index in [0.29, 0.717) is 42.6 Å². The molecule has 0 saturated carbocycles. The molecule has 0 aliphatic carbocycles. The van der Waals surface area contributed by atoms with E-state index in [2.05, 4.69) is 10.6 Å². The van der Waals surface area contributed by atoms with Crippen molar-refractivity contribution in [1.29, 1.82) is 0 Å². The van der Waals surface area contributed by atoms with Gasteiger partial charge in [-0.1, -0.05) is 23.7 Å². The van der Waals surface area contributed by atoms with Crippen molar-refractivity contribution in [1.82, 2.24) is 5.32 Å². The van der Waals surface area contributed by atoms with Crippen molar-refractivity contribution in [2.75, 3.05) is 36.5 Å². The summed E-state index contributed by atoms with van der Waals surface area (Å²) in [5.41, 5.74) is 2.04. The molecule has 2 aromatic carbocycles. The predicted molar refractivity (Wildman–Crippen MR) is 129 cm³/mol. The SMILES string of the molecule is Cc1c(NC(=O)c2cc(F)cc(N3CCOCC3)c2)sc(C(=O)NCc2ccc(F)cc2)c1Cl. The Kier molecular flexibility index (Phi) is 7.45. The molecule has 178 valence electrons. The van der Waals surface area contributed by atoms with Crippen LogP contribution in [0.4, 0.5) is 19.5 Å². The molecule has 0 radical (unpaired) electrons. The van der Waals surface area contributed by atoms with Crippen molar-refractivity contribution in [2.24, 2.45) is 0 Å². The molecule has 4 rings (SSSR count). The number of nitrogens with one attached hydrogen (secondary N) is 2. The van der Waals surface area contributed by atoms with E-state index in [0.717, 1.165) is 16.9 Å². The van der Waals surface area contributed by atoms with Crippen LogP contribution in [0.15, 0.2) is 42.5 Å². The quantitative estimate of drug-likeness (QED) is 0.494. The van der Waals surface area contributed by atoms with E-state index in [1.807, 2.05) is 4.90 Å². The summed E-state index contributed by atoms with van der Waals surface area (Å²) in [6.45, 7) is 4.19. The third kappa shape index (κ3) is 5.55. The number of benzene rings is 2. The minimum Gasteiger partial charge on any atom is -0.378 e. The lowest BCUT2D eigenvalue weighted by molar-refractivity contribution is 0.0954. The van der Waals surface area contributed by atoms with Gasteiger partial charge in [0.2, 0.25) is 0 Å². The van der Waals surface area contributed by atoms with Gasteiger partial charge in [0.25, 0.3) is 11.8 Å². The first-order valence-electron chi connectivity index (χ1n) is 10.6. The number of anilines is 2. The molecule has 1 fully saturated rings. The van der Waals surface area contributed by atoms with Gasteiger partial charge in [-0.15, -0.1) is 11.3 Å². The second kappa shape index (κ2) is 10.5. The van der Waals surface area contributed by atoms with Gasteiger partial charge in [-0.05, 0) is 42.8 Å². The number of ether oxygens (including phenoxy) is 1. The van der Waals surface area contributed by atoms with Crippen LogP contribution in [0.3, 0.4) is 0 Å². The van der Waals surface area contributed by atoms with Gasteiger partial charge in [0.1, 0.15) is 21.5 Å². The van der Waals surface area contributed by atoms with Crippen molar-refractivity contribution < 1.29 is 23.1 Å². The Morgan fingerprint density at radius 1 is 1.06 bits per heavy atom. The molecule has 3 aromatic rings. The molecule has 2 heterocycles. The Morgan fingerprint density at radius 2 is 1.76 bits per heavy atom. The number of nitrogens with zero attached hydrogens (tertiary/aromatic N) is 1. The standard InChI is InChI=1S/C24H22ClF2N3O3S/c1-14-20(25)21(23(32)28-13-15-2-4-17(26)5-3-15)34-24(14)29-22(31)16-10-18(27)12-19(11-16)30-6-8-33-9-7-30/h2-5,10-12H,6-9,13H2,1H3,(H,28,32)(H,29,31). The first-order chi connectivity index (χ1) is 16.3. The molecular weight excluding hydrogens is 484 g/mol. The zero-order valence-corrected chi connectivity index (χ0v) is 19.9. The topological polar surface area (TPSA) is 70.7 Å². The fourth-order valence-electron chi connectivity index (χ4n) is 3.51. The van der Waals surface area contributed by atoms with E-state index >= 15 is 0 Å². The van der Waals surface area contributed by atoms with E-state index in [1.54, 1.807) is 25.1 Å². The number of hydrogen-bond acceptors (Lipinski definition) is 5. The second-order valence-corrected chi connectivity index (χ2v) is 9.16. The van der Waals surface area contributed by atoms with Crippen LogP contribution in [0.1, 0.15) is 31.2 Å². The van der Waals surface area contributed by atoms with Crippen LogP contribution in [0, 0.1) is 18.6 Å². The van der Waals surface area contributed by atoms with Crippen LogP contribution in [0.5, 0.6) is 0 Å². The first kappa shape index (κ1) is 24.1. The van der Waals surface area contributed by atoms with E-state index in [9.17, 15) is 18.4 Å². The van der Waals surface area contributed by atoms with Crippen molar-refractivity contribution in [2.45, 2.75) is 13.5 Å². The lowest BCUT2D eigenvalue weighted by atomic mass is 10.1. The fraction of sp³-hybridized carbons (Fsp3) is 0.250. The highest BCUT2D eigenvalue weighted by atomic mass is 35.5. The average molecular weight is 506 g/mol. The third-order valence-electron chi connectivity index (χ3n) is 5.39. The molecule has 0 spiro atoms. The fourth-order valence-corrected chi connectivity index (χ4v) is 4.87. The van der Waals surface area contributed by atoms with Crippen LogP contribution in [-0.4, -0.2) is 38.1 Å². The van der Waals surface area contributed by atoms with Gasteiger partial charge in [-0.2, -0.15) is 0 Å². The number of carbonyl (C=O) groups excluding carboxylic acids is 2. The van der Waals surface area contributed by atoms with Gasteiger partial charge in [-0.3, -0.25) is 9.59 Å². The van der Waals surface area contributed by atoms with Crippen LogP contribution in [0.2, 0.25) is 5.02 Å². The zero-order chi connectivity index (χ0) is 24.2. The smallest absolute Gasteiger partial charge is 0.263 e. The Morgan fingerprint density at radius 3 is 2.47 bits per heavy atom. The van der Waals surface area contributed by atoms with Gasteiger partial charge in [0.05, 0.1) is 18.2 Å². The van der Waals surface area contributed by atoms with Crippen LogP contribution >= 0.6 is 22.9 Å². The molecule has 1 aliphatic rings. The highest BCUT2D eigenvalue weighted by molar-refractivity contribution is 7.19. The Labute approximate surface area is 204 Å². The normalized spacial score (nSPS) is 13.6. The van der Waals surface area contributed by atoms with E-state index in [-0.39, 0.29) is 27.8 Å². The molecule has 1 aliphatic heterocycles. The predicted octanol–water partition coefficient (Wildman–Crippen LogP) is 5.01. The molecule has 1 aromatic heterocycles. The summed E-state index contributed by atoms with van der Waals surface area (Å²) in [6.07, 6.45) is 0. The minimum absolute atomic E-state index is 0.160. The summed E-state index contributed by atoms with van der Waals surface area (Å²) in [7, 11) is 0. The van der Waals surface area contributed by atoms with Crippen molar-refractivity contribution in [3.8, 4) is 0 Å². The molecule has 0 unspecified atom stereocenters. The summed E-state index contributed by atoms with van der Waals surface area (Å²) in [5, 5.41) is 6.11. The van der Waals surface area contributed by atoms with Gasteiger partial charge < -0.3 is 20.3 Å². The summed E-state index contributed by atoms with van der Waals surface area (Å²) in [5.74, 6) is -1.80. The molecular formula is C24H22ClF2N3O3S. The maximum atomic E-state index is 14.3. The molecule has 6 nitrogen and oxygen atoms in total. The van der Waals surface area contributed by atoms with Crippen LogP contribution in [-0.2, 0) is 11.3 Å². The molecule has 10 heteroatoms. The van der Waals surface area contributed by atoms with E-state index in [1.165, 1.54) is 24.3 Å². The summed E-state index contributed by atoms with van der Waals surface area (Å²) < 4.78 is 32.6. The van der Waals surface area contributed by atoms with E-state index in [4.69, 9.17) is 16.3 Å². The van der Waals surface area contributed by atoms with Crippen molar-refractivity contribution in [3.63, 3.8) is 0 Å². The van der Waals surface area contributed by atoms with Gasteiger partial charge in [0, 0.05) is 36.4 Å². The molecule has 0 bridgehead atoms. The number of morpholine rings is 1. The second-order valence-electron chi connectivity index (χ2n) is 7.76. The maximum Gasteiger partial charge on any atom is 0.263 e. The van der Waals surface area contributed by atoms with Gasteiger partial charge >= 0.3 is 0 Å². The number of thiophene rings is 1. The summed E-state index contributed by atoms with van der Waals surface area (Å²) in [4.78, 5) is 27.7. The number of carbonyl (C=O) groups is 2. The Bertz CT molecular complexity index is 1210. The van der Waals surface area contributed by atoms with E-state index < -0.39 is 17.6 Å². The van der Waals surface area contributed by atoms with Crippen LogP contribution < -0.4 is 15.5 Å². The lowest BCUT2D eigenvalue weighted by Crippen LogP contribution is -2.36. The van der Waals surface area contributed by atoms with Crippen molar-refractivity contribution in [3.05, 3.63) is 80.7 Å². The summed E-state index contributed by atoms with van der Waals surface area (Å²) in [6, 6.07) is 9.96. The monoisotopic (exact) mass is 505 g/mol. The highest BCUT2D eigenvalue weighted by Gasteiger charge is 2.22. The number of rotatable bonds is 6.